The molecule has 2 rings (SSSR count). The Labute approximate surface area is 119 Å². The molecule has 19 heavy (non-hydrogen) atoms. The highest BCUT2D eigenvalue weighted by Gasteiger charge is 2.23. The van der Waals surface area contributed by atoms with Gasteiger partial charge in [-0.2, -0.15) is 0 Å². The standard InChI is InChI=1S/C16H32N2O/c1-14(2)13-18(15-5-3-4-6-15)11-12-19-16-7-9-17-10-8-16/h14-17H,3-13H2,1-2H3. The molecule has 2 aliphatic rings. The molecule has 1 aliphatic carbocycles. The summed E-state index contributed by atoms with van der Waals surface area (Å²) in [7, 11) is 0. The predicted molar refractivity (Wildman–Crippen MR) is 80.5 cm³/mol. The smallest absolute Gasteiger partial charge is 0.0600 e. The third-order valence-corrected chi connectivity index (χ3v) is 4.46. The Balaban J connectivity index is 1.69. The fourth-order valence-electron chi connectivity index (χ4n) is 3.46. The lowest BCUT2D eigenvalue weighted by Crippen LogP contribution is -2.40. The zero-order chi connectivity index (χ0) is 13.5. The second-order valence-corrected chi connectivity index (χ2v) is 6.65. The first kappa shape index (κ1) is 15.3. The molecule has 0 bridgehead atoms. The Morgan fingerprint density at radius 3 is 2.42 bits per heavy atom. The van der Waals surface area contributed by atoms with Gasteiger partial charge in [0.25, 0.3) is 0 Å². The molecule has 1 N–H and O–H groups in total. The predicted octanol–water partition coefficient (Wildman–Crippen LogP) is 2.66. The topological polar surface area (TPSA) is 24.5 Å². The summed E-state index contributed by atoms with van der Waals surface area (Å²) in [6.45, 7) is 10.2. The second-order valence-electron chi connectivity index (χ2n) is 6.65. The molecule has 0 aromatic rings. The molecule has 0 spiro atoms. The summed E-state index contributed by atoms with van der Waals surface area (Å²) in [5, 5.41) is 3.39. The summed E-state index contributed by atoms with van der Waals surface area (Å²) >= 11 is 0. The first-order chi connectivity index (χ1) is 9.25. The summed E-state index contributed by atoms with van der Waals surface area (Å²) < 4.78 is 6.07. The molecule has 0 aromatic heterocycles. The van der Waals surface area contributed by atoms with E-state index in [0.29, 0.717) is 6.10 Å². The Kier molecular flexibility index (Phi) is 6.62. The Hall–Kier alpha value is -0.120. The summed E-state index contributed by atoms with van der Waals surface area (Å²) in [4.78, 5) is 2.69. The van der Waals surface area contributed by atoms with E-state index >= 15 is 0 Å². The summed E-state index contributed by atoms with van der Waals surface area (Å²) in [5.74, 6) is 0.763. The van der Waals surface area contributed by atoms with Crippen molar-refractivity contribution >= 4 is 0 Å². The monoisotopic (exact) mass is 268 g/mol. The van der Waals surface area contributed by atoms with E-state index in [1.807, 2.05) is 0 Å². The van der Waals surface area contributed by atoms with E-state index in [1.54, 1.807) is 0 Å². The minimum atomic E-state index is 0.505. The first-order valence-electron chi connectivity index (χ1n) is 8.32. The zero-order valence-corrected chi connectivity index (χ0v) is 12.9. The van der Waals surface area contributed by atoms with Crippen molar-refractivity contribution in [2.45, 2.75) is 64.5 Å². The molecule has 0 aromatic carbocycles. The van der Waals surface area contributed by atoms with Gasteiger partial charge in [0.15, 0.2) is 0 Å². The lowest BCUT2D eigenvalue weighted by Gasteiger charge is -2.31. The highest BCUT2D eigenvalue weighted by atomic mass is 16.5. The molecule has 0 unspecified atom stereocenters. The number of nitrogens with one attached hydrogen (secondary N) is 1. The minimum absolute atomic E-state index is 0.505. The molecular weight excluding hydrogens is 236 g/mol. The molecule has 1 aliphatic heterocycles. The van der Waals surface area contributed by atoms with Crippen LogP contribution in [0, 0.1) is 5.92 Å². The SMILES string of the molecule is CC(C)CN(CCOC1CCNCC1)C1CCCC1. The number of nitrogens with zero attached hydrogens (tertiary/aromatic N) is 1. The van der Waals surface area contributed by atoms with Crippen LogP contribution in [0.5, 0.6) is 0 Å². The zero-order valence-electron chi connectivity index (χ0n) is 12.9. The van der Waals surface area contributed by atoms with E-state index in [9.17, 15) is 0 Å². The van der Waals surface area contributed by atoms with Crippen LogP contribution in [0.2, 0.25) is 0 Å². The van der Waals surface area contributed by atoms with Gasteiger partial charge in [-0.05, 0) is 44.7 Å². The van der Waals surface area contributed by atoms with Crippen molar-refractivity contribution in [1.82, 2.24) is 10.2 Å². The fourth-order valence-corrected chi connectivity index (χ4v) is 3.46. The lowest BCUT2D eigenvalue weighted by molar-refractivity contribution is 0.0122. The van der Waals surface area contributed by atoms with Crippen LogP contribution in [-0.2, 0) is 4.74 Å². The molecule has 3 heteroatoms. The van der Waals surface area contributed by atoms with Gasteiger partial charge < -0.3 is 10.1 Å². The Morgan fingerprint density at radius 2 is 1.79 bits per heavy atom. The van der Waals surface area contributed by atoms with Crippen molar-refractivity contribution in [3.8, 4) is 0 Å². The van der Waals surface area contributed by atoms with Gasteiger partial charge in [0, 0.05) is 19.1 Å². The Morgan fingerprint density at radius 1 is 1.11 bits per heavy atom. The first-order valence-corrected chi connectivity index (χ1v) is 8.32. The van der Waals surface area contributed by atoms with Crippen molar-refractivity contribution in [1.29, 1.82) is 0 Å². The molecule has 3 nitrogen and oxygen atoms in total. The highest BCUT2D eigenvalue weighted by Crippen LogP contribution is 2.24. The number of hydrogen-bond donors (Lipinski definition) is 1. The molecular formula is C16H32N2O. The van der Waals surface area contributed by atoms with Gasteiger partial charge in [-0.1, -0.05) is 26.7 Å². The van der Waals surface area contributed by atoms with E-state index in [-0.39, 0.29) is 0 Å². The lowest BCUT2D eigenvalue weighted by atomic mass is 10.1. The molecule has 2 fully saturated rings. The fraction of sp³-hybridized carbons (Fsp3) is 1.00. The van der Waals surface area contributed by atoms with E-state index in [4.69, 9.17) is 4.74 Å². The molecule has 1 heterocycles. The highest BCUT2D eigenvalue weighted by molar-refractivity contribution is 4.78. The van der Waals surface area contributed by atoms with E-state index < -0.39 is 0 Å². The van der Waals surface area contributed by atoms with Crippen LogP contribution < -0.4 is 5.32 Å². The van der Waals surface area contributed by atoms with Crippen molar-refractivity contribution in [2.24, 2.45) is 5.92 Å². The van der Waals surface area contributed by atoms with Gasteiger partial charge in [-0.3, -0.25) is 4.90 Å². The largest absolute Gasteiger partial charge is 0.377 e. The average Bonchev–Trinajstić information content (AvgIpc) is 2.92. The number of rotatable bonds is 7. The van der Waals surface area contributed by atoms with Crippen molar-refractivity contribution in [2.75, 3.05) is 32.8 Å². The van der Waals surface area contributed by atoms with E-state index in [0.717, 1.165) is 38.2 Å². The van der Waals surface area contributed by atoms with Gasteiger partial charge in [0.05, 0.1) is 12.7 Å². The Bertz CT molecular complexity index is 233. The molecule has 1 saturated heterocycles. The van der Waals surface area contributed by atoms with Gasteiger partial charge in [-0.25, -0.2) is 0 Å². The maximum atomic E-state index is 6.07. The van der Waals surface area contributed by atoms with Crippen LogP contribution in [-0.4, -0.2) is 49.8 Å². The maximum Gasteiger partial charge on any atom is 0.0600 e. The van der Waals surface area contributed by atoms with Gasteiger partial charge in [0.1, 0.15) is 0 Å². The van der Waals surface area contributed by atoms with E-state index in [2.05, 4.69) is 24.1 Å². The summed E-state index contributed by atoms with van der Waals surface area (Å²) in [6.07, 6.45) is 8.54. The van der Waals surface area contributed by atoms with Gasteiger partial charge >= 0.3 is 0 Å². The van der Waals surface area contributed by atoms with Crippen LogP contribution in [0.25, 0.3) is 0 Å². The molecule has 0 amide bonds. The van der Waals surface area contributed by atoms with Crippen molar-refractivity contribution in [3.63, 3.8) is 0 Å². The molecule has 112 valence electrons. The number of hydrogen-bond acceptors (Lipinski definition) is 3. The summed E-state index contributed by atoms with van der Waals surface area (Å²) in [6, 6.07) is 0.832. The third kappa shape index (κ3) is 5.41. The molecule has 0 atom stereocenters. The second kappa shape index (κ2) is 8.23. The van der Waals surface area contributed by atoms with Gasteiger partial charge in [-0.15, -0.1) is 0 Å². The van der Waals surface area contributed by atoms with Crippen LogP contribution in [0.1, 0.15) is 52.4 Å². The molecule has 1 saturated carbocycles. The average molecular weight is 268 g/mol. The minimum Gasteiger partial charge on any atom is -0.377 e. The van der Waals surface area contributed by atoms with Crippen molar-refractivity contribution in [3.05, 3.63) is 0 Å². The van der Waals surface area contributed by atoms with Crippen LogP contribution in [0.4, 0.5) is 0 Å². The molecule has 0 radical (unpaired) electrons. The van der Waals surface area contributed by atoms with Crippen molar-refractivity contribution < 1.29 is 4.74 Å². The van der Waals surface area contributed by atoms with Gasteiger partial charge in [0.2, 0.25) is 0 Å². The number of ether oxygens (including phenoxy) is 1. The van der Waals surface area contributed by atoms with Crippen LogP contribution in [0.15, 0.2) is 0 Å². The van der Waals surface area contributed by atoms with Crippen LogP contribution in [0.3, 0.4) is 0 Å². The quantitative estimate of drug-likeness (QED) is 0.768. The van der Waals surface area contributed by atoms with Crippen LogP contribution >= 0.6 is 0 Å². The summed E-state index contributed by atoms with van der Waals surface area (Å²) in [5.41, 5.74) is 0. The number of piperidine rings is 1. The van der Waals surface area contributed by atoms with E-state index in [1.165, 1.54) is 45.1 Å². The normalized spacial score (nSPS) is 22.7. The third-order valence-electron chi connectivity index (χ3n) is 4.46. The maximum absolute atomic E-state index is 6.07.